The molecule has 1 aromatic carbocycles. The van der Waals surface area contributed by atoms with Gasteiger partial charge in [0.15, 0.2) is 11.7 Å². The molecule has 1 aromatic rings. The standard InChI is InChI=1S/C13H15F2N3O2/c1-7-3-4-8(14)10(9(7)15)17-12(19)13(5-2-6-13)11(16)18-20/h3-4,20H,2,5-6H2,1H3,(H2,16,18)(H,17,19). The van der Waals surface area contributed by atoms with Crippen molar-refractivity contribution in [2.45, 2.75) is 26.2 Å². The number of anilines is 1. The number of carbonyl (C=O) groups is 1. The van der Waals surface area contributed by atoms with Crippen molar-refractivity contribution in [2.75, 3.05) is 5.32 Å². The molecule has 1 fully saturated rings. The van der Waals surface area contributed by atoms with Crippen LogP contribution in [0.5, 0.6) is 0 Å². The Labute approximate surface area is 114 Å². The summed E-state index contributed by atoms with van der Waals surface area (Å²) in [5, 5.41) is 13.8. The topological polar surface area (TPSA) is 87.7 Å². The second kappa shape index (κ2) is 5.07. The van der Waals surface area contributed by atoms with Crippen molar-refractivity contribution in [1.82, 2.24) is 0 Å². The van der Waals surface area contributed by atoms with E-state index in [2.05, 4.69) is 10.5 Å². The number of hydrogen-bond acceptors (Lipinski definition) is 3. The van der Waals surface area contributed by atoms with Gasteiger partial charge in [-0.3, -0.25) is 4.79 Å². The second-order valence-corrected chi connectivity index (χ2v) is 4.93. The molecule has 0 saturated heterocycles. The quantitative estimate of drug-likeness (QED) is 0.343. The van der Waals surface area contributed by atoms with E-state index in [0.29, 0.717) is 12.8 Å². The van der Waals surface area contributed by atoms with Gasteiger partial charge in [0, 0.05) is 0 Å². The molecule has 0 atom stereocenters. The molecule has 1 saturated carbocycles. The van der Waals surface area contributed by atoms with Crippen LogP contribution in [0.3, 0.4) is 0 Å². The number of nitrogens with zero attached hydrogens (tertiary/aromatic N) is 1. The summed E-state index contributed by atoms with van der Waals surface area (Å²) in [4.78, 5) is 12.2. The number of halogens is 2. The van der Waals surface area contributed by atoms with Gasteiger partial charge in [0.05, 0.1) is 0 Å². The Balaban J connectivity index is 2.31. The van der Waals surface area contributed by atoms with Gasteiger partial charge in [-0.2, -0.15) is 0 Å². The van der Waals surface area contributed by atoms with Crippen LogP contribution < -0.4 is 11.1 Å². The van der Waals surface area contributed by atoms with Crippen LogP contribution in [0.2, 0.25) is 0 Å². The van der Waals surface area contributed by atoms with Crippen LogP contribution in [0.25, 0.3) is 0 Å². The molecule has 108 valence electrons. The molecule has 1 aliphatic rings. The van der Waals surface area contributed by atoms with Gasteiger partial charge < -0.3 is 16.3 Å². The van der Waals surface area contributed by atoms with E-state index < -0.39 is 28.6 Å². The van der Waals surface area contributed by atoms with Gasteiger partial charge >= 0.3 is 0 Å². The number of nitrogens with two attached hydrogens (primary N) is 1. The number of aryl methyl sites for hydroxylation is 1. The third-order valence-electron chi connectivity index (χ3n) is 3.76. The minimum absolute atomic E-state index is 0.216. The zero-order chi connectivity index (χ0) is 14.9. The average molecular weight is 283 g/mol. The molecule has 0 radical (unpaired) electrons. The van der Waals surface area contributed by atoms with E-state index in [1.54, 1.807) is 0 Å². The molecular formula is C13H15F2N3O2. The fourth-order valence-corrected chi connectivity index (χ4v) is 2.23. The highest BCUT2D eigenvalue weighted by molar-refractivity contribution is 6.12. The highest BCUT2D eigenvalue weighted by atomic mass is 19.1. The number of nitrogens with one attached hydrogen (secondary N) is 1. The van der Waals surface area contributed by atoms with Crippen LogP contribution in [0.1, 0.15) is 24.8 Å². The van der Waals surface area contributed by atoms with Crippen LogP contribution in [-0.2, 0) is 4.79 Å². The number of rotatable bonds is 3. The SMILES string of the molecule is Cc1ccc(F)c(NC(=O)C2(/C(N)=N/O)CCC2)c1F. The van der Waals surface area contributed by atoms with Gasteiger partial charge in [-0.25, -0.2) is 8.78 Å². The zero-order valence-corrected chi connectivity index (χ0v) is 10.9. The summed E-state index contributed by atoms with van der Waals surface area (Å²) >= 11 is 0. The van der Waals surface area contributed by atoms with E-state index in [0.717, 1.165) is 12.5 Å². The average Bonchev–Trinajstić information content (AvgIpc) is 2.37. The molecule has 20 heavy (non-hydrogen) atoms. The molecule has 7 heteroatoms. The minimum Gasteiger partial charge on any atom is -0.409 e. The summed E-state index contributed by atoms with van der Waals surface area (Å²) in [6.45, 7) is 1.47. The predicted octanol–water partition coefficient (Wildman–Crippen LogP) is 2.13. The molecule has 0 unspecified atom stereocenters. The van der Waals surface area contributed by atoms with E-state index in [1.165, 1.54) is 13.0 Å². The fraction of sp³-hybridized carbons (Fsp3) is 0.385. The first-order valence-corrected chi connectivity index (χ1v) is 6.16. The molecule has 0 bridgehead atoms. The number of hydrogen-bond donors (Lipinski definition) is 3. The van der Waals surface area contributed by atoms with Gasteiger partial charge in [-0.15, -0.1) is 0 Å². The maximum atomic E-state index is 13.9. The largest absolute Gasteiger partial charge is 0.409 e. The third-order valence-corrected chi connectivity index (χ3v) is 3.76. The summed E-state index contributed by atoms with van der Waals surface area (Å²) in [6, 6.07) is 2.36. The van der Waals surface area contributed by atoms with E-state index in [4.69, 9.17) is 10.9 Å². The highest BCUT2D eigenvalue weighted by Crippen LogP contribution is 2.42. The zero-order valence-electron chi connectivity index (χ0n) is 10.9. The van der Waals surface area contributed by atoms with Crippen molar-refractivity contribution in [1.29, 1.82) is 0 Å². The molecule has 1 aliphatic carbocycles. The summed E-state index contributed by atoms with van der Waals surface area (Å²) in [6.07, 6.45) is 1.48. The van der Waals surface area contributed by atoms with Crippen molar-refractivity contribution < 1.29 is 18.8 Å². The number of benzene rings is 1. The first kappa shape index (κ1) is 14.2. The lowest BCUT2D eigenvalue weighted by Gasteiger charge is -2.38. The molecule has 0 heterocycles. The van der Waals surface area contributed by atoms with Crippen LogP contribution in [0.15, 0.2) is 17.3 Å². The monoisotopic (exact) mass is 283 g/mol. The normalized spacial score (nSPS) is 17.4. The first-order valence-electron chi connectivity index (χ1n) is 6.16. The van der Waals surface area contributed by atoms with Gasteiger partial charge in [-0.1, -0.05) is 17.6 Å². The van der Waals surface area contributed by atoms with Crippen LogP contribution in [0, 0.1) is 24.0 Å². The van der Waals surface area contributed by atoms with E-state index in [-0.39, 0.29) is 11.4 Å². The first-order chi connectivity index (χ1) is 9.42. The fourth-order valence-electron chi connectivity index (χ4n) is 2.23. The third kappa shape index (κ3) is 2.09. The summed E-state index contributed by atoms with van der Waals surface area (Å²) in [5.41, 5.74) is 4.05. The van der Waals surface area contributed by atoms with E-state index >= 15 is 0 Å². The van der Waals surface area contributed by atoms with Crippen molar-refractivity contribution >= 4 is 17.4 Å². The summed E-state index contributed by atoms with van der Waals surface area (Å²) in [5.74, 6) is -2.60. The lowest BCUT2D eigenvalue weighted by Crippen LogP contribution is -2.51. The van der Waals surface area contributed by atoms with E-state index in [9.17, 15) is 13.6 Å². The number of amides is 1. The van der Waals surface area contributed by atoms with Crippen LogP contribution in [0.4, 0.5) is 14.5 Å². The van der Waals surface area contributed by atoms with E-state index in [1.807, 2.05) is 0 Å². The Morgan fingerprint density at radius 1 is 1.45 bits per heavy atom. The maximum Gasteiger partial charge on any atom is 0.238 e. The van der Waals surface area contributed by atoms with Gasteiger partial charge in [-0.05, 0) is 31.4 Å². The smallest absolute Gasteiger partial charge is 0.238 e. The molecule has 0 aliphatic heterocycles. The van der Waals surface area contributed by atoms with Crippen LogP contribution >= 0.6 is 0 Å². The second-order valence-electron chi connectivity index (χ2n) is 4.93. The number of amidine groups is 1. The Morgan fingerprint density at radius 2 is 2.10 bits per heavy atom. The summed E-state index contributed by atoms with van der Waals surface area (Å²) < 4.78 is 27.5. The Bertz CT molecular complexity index is 583. The van der Waals surface area contributed by atoms with Gasteiger partial charge in [0.25, 0.3) is 0 Å². The van der Waals surface area contributed by atoms with Gasteiger partial charge in [0.2, 0.25) is 5.91 Å². The lowest BCUT2D eigenvalue weighted by atomic mass is 9.67. The predicted molar refractivity (Wildman–Crippen MR) is 69.4 cm³/mol. The molecular weight excluding hydrogens is 268 g/mol. The molecule has 0 spiro atoms. The van der Waals surface area contributed by atoms with Crippen molar-refractivity contribution in [3.63, 3.8) is 0 Å². The van der Waals surface area contributed by atoms with Gasteiger partial charge in [0.1, 0.15) is 16.9 Å². The van der Waals surface area contributed by atoms with Crippen molar-refractivity contribution in [3.05, 3.63) is 29.3 Å². The molecule has 0 aromatic heterocycles. The Kier molecular flexibility index (Phi) is 3.61. The molecule has 4 N–H and O–H groups in total. The minimum atomic E-state index is -1.18. The Hall–Kier alpha value is -2.18. The molecule has 1 amide bonds. The Morgan fingerprint density at radius 3 is 2.60 bits per heavy atom. The molecule has 5 nitrogen and oxygen atoms in total. The van der Waals surface area contributed by atoms with Crippen molar-refractivity contribution in [3.8, 4) is 0 Å². The van der Waals surface area contributed by atoms with Crippen molar-refractivity contribution in [2.24, 2.45) is 16.3 Å². The highest BCUT2D eigenvalue weighted by Gasteiger charge is 2.48. The number of carbonyl (C=O) groups excluding carboxylic acids is 1. The summed E-state index contributed by atoms with van der Waals surface area (Å²) in [7, 11) is 0. The van der Waals surface area contributed by atoms with Crippen LogP contribution in [-0.4, -0.2) is 17.0 Å². The number of oxime groups is 1. The molecule has 2 rings (SSSR count). The maximum absolute atomic E-state index is 13.9. The lowest BCUT2D eigenvalue weighted by molar-refractivity contribution is -0.125.